The minimum Gasteiger partial charge on any atom is -0.329 e. The molecule has 1 atom stereocenters. The van der Waals surface area contributed by atoms with Crippen LogP contribution in [0.15, 0.2) is 17.5 Å². The summed E-state index contributed by atoms with van der Waals surface area (Å²) in [6, 6.07) is 4.78. The molecule has 1 aliphatic rings. The number of hydrogen-bond donors (Lipinski definition) is 1. The lowest BCUT2D eigenvalue weighted by molar-refractivity contribution is 0.143. The van der Waals surface area contributed by atoms with Gasteiger partial charge in [0.15, 0.2) is 0 Å². The van der Waals surface area contributed by atoms with E-state index in [0.717, 1.165) is 12.5 Å². The number of thiophene rings is 1. The van der Waals surface area contributed by atoms with Crippen molar-refractivity contribution in [2.75, 3.05) is 19.6 Å². The second kappa shape index (κ2) is 5.10. The molecule has 0 aliphatic carbocycles. The molecule has 2 N–H and O–H groups in total. The van der Waals surface area contributed by atoms with Crippen LogP contribution >= 0.6 is 11.3 Å². The monoisotopic (exact) mass is 224 g/mol. The van der Waals surface area contributed by atoms with Gasteiger partial charge in [0.25, 0.3) is 0 Å². The fourth-order valence-electron chi connectivity index (χ4n) is 2.27. The molecule has 84 valence electrons. The van der Waals surface area contributed by atoms with E-state index in [1.54, 1.807) is 0 Å². The van der Waals surface area contributed by atoms with E-state index >= 15 is 0 Å². The van der Waals surface area contributed by atoms with Crippen LogP contribution in [0, 0.1) is 5.92 Å². The summed E-state index contributed by atoms with van der Waals surface area (Å²) >= 11 is 1.83. The molecule has 0 aromatic carbocycles. The summed E-state index contributed by atoms with van der Waals surface area (Å²) in [5.74, 6) is 0.892. The van der Waals surface area contributed by atoms with Crippen molar-refractivity contribution in [1.29, 1.82) is 0 Å². The van der Waals surface area contributed by atoms with E-state index in [0.29, 0.717) is 6.04 Å². The Kier molecular flexibility index (Phi) is 3.78. The Hall–Kier alpha value is -0.380. The first-order valence-electron chi connectivity index (χ1n) is 5.78. The Morgan fingerprint density at radius 1 is 1.53 bits per heavy atom. The third kappa shape index (κ3) is 2.60. The van der Waals surface area contributed by atoms with Gasteiger partial charge in [-0.15, -0.1) is 11.3 Å². The van der Waals surface area contributed by atoms with Crippen LogP contribution in [0.5, 0.6) is 0 Å². The quantitative estimate of drug-likeness (QED) is 0.854. The first kappa shape index (κ1) is 11.1. The van der Waals surface area contributed by atoms with Crippen LogP contribution in [0.3, 0.4) is 0 Å². The van der Waals surface area contributed by atoms with E-state index in [9.17, 15) is 0 Å². The summed E-state index contributed by atoms with van der Waals surface area (Å²) in [4.78, 5) is 3.97. The third-order valence-corrected chi connectivity index (χ3v) is 4.33. The van der Waals surface area contributed by atoms with Gasteiger partial charge in [-0.2, -0.15) is 0 Å². The van der Waals surface area contributed by atoms with E-state index in [1.165, 1.54) is 30.8 Å². The largest absolute Gasteiger partial charge is 0.329 e. The third-order valence-electron chi connectivity index (χ3n) is 3.35. The molecular formula is C12H20N2S. The summed E-state index contributed by atoms with van der Waals surface area (Å²) in [7, 11) is 0. The molecule has 2 nitrogen and oxygen atoms in total. The van der Waals surface area contributed by atoms with Crippen molar-refractivity contribution in [3.63, 3.8) is 0 Å². The van der Waals surface area contributed by atoms with Crippen LogP contribution in [0.2, 0.25) is 0 Å². The van der Waals surface area contributed by atoms with E-state index in [4.69, 9.17) is 5.73 Å². The van der Waals surface area contributed by atoms with Crippen molar-refractivity contribution < 1.29 is 0 Å². The van der Waals surface area contributed by atoms with Crippen molar-refractivity contribution >= 4 is 11.3 Å². The molecule has 0 spiro atoms. The van der Waals surface area contributed by atoms with E-state index in [2.05, 4.69) is 29.3 Å². The van der Waals surface area contributed by atoms with Crippen LogP contribution in [0.1, 0.15) is 30.7 Å². The average molecular weight is 224 g/mol. The molecule has 0 unspecified atom stereocenters. The highest BCUT2D eigenvalue weighted by Crippen LogP contribution is 2.28. The number of nitrogens with zero attached hydrogens (tertiary/aromatic N) is 1. The normalized spacial score (nSPS) is 21.7. The molecule has 2 heterocycles. The predicted molar refractivity (Wildman–Crippen MR) is 66.1 cm³/mol. The smallest absolute Gasteiger partial charge is 0.0564 e. The Balaban J connectivity index is 2.01. The molecule has 1 aromatic heterocycles. The minimum atomic E-state index is 0.456. The van der Waals surface area contributed by atoms with Crippen LogP contribution in [-0.2, 0) is 0 Å². The lowest BCUT2D eigenvalue weighted by atomic mass is 9.97. The topological polar surface area (TPSA) is 29.3 Å². The standard InChI is InChI=1S/C12H20N2S/c1-10-4-6-14(7-5-10)11(9-13)12-3-2-8-15-12/h2-3,8,10-11H,4-7,9,13H2,1H3/t11-/m1/s1. The zero-order chi connectivity index (χ0) is 10.7. The molecular weight excluding hydrogens is 204 g/mol. The van der Waals surface area contributed by atoms with Gasteiger partial charge >= 0.3 is 0 Å². The molecule has 1 saturated heterocycles. The van der Waals surface area contributed by atoms with Gasteiger partial charge in [-0.1, -0.05) is 13.0 Å². The van der Waals surface area contributed by atoms with Crippen molar-refractivity contribution in [2.45, 2.75) is 25.8 Å². The molecule has 0 saturated carbocycles. The zero-order valence-corrected chi connectivity index (χ0v) is 10.2. The lowest BCUT2D eigenvalue weighted by Crippen LogP contribution is -2.39. The van der Waals surface area contributed by atoms with Gasteiger partial charge in [-0.3, -0.25) is 4.90 Å². The first-order valence-corrected chi connectivity index (χ1v) is 6.66. The van der Waals surface area contributed by atoms with Crippen LogP contribution in [0.4, 0.5) is 0 Å². The molecule has 1 fully saturated rings. The van der Waals surface area contributed by atoms with Gasteiger partial charge in [-0.25, -0.2) is 0 Å². The Morgan fingerprint density at radius 2 is 2.27 bits per heavy atom. The maximum absolute atomic E-state index is 5.89. The SMILES string of the molecule is CC1CCN([C@H](CN)c2cccs2)CC1. The molecule has 0 bridgehead atoms. The van der Waals surface area contributed by atoms with Crippen LogP contribution in [0.25, 0.3) is 0 Å². The number of piperidine rings is 1. The number of likely N-dealkylation sites (tertiary alicyclic amines) is 1. The number of rotatable bonds is 3. The summed E-state index contributed by atoms with van der Waals surface area (Å²) in [6.45, 7) is 5.51. The zero-order valence-electron chi connectivity index (χ0n) is 9.36. The van der Waals surface area contributed by atoms with Crippen LogP contribution in [-0.4, -0.2) is 24.5 Å². The summed E-state index contributed by atoms with van der Waals surface area (Å²) in [5.41, 5.74) is 5.89. The number of hydrogen-bond acceptors (Lipinski definition) is 3. The summed E-state index contributed by atoms with van der Waals surface area (Å²) < 4.78 is 0. The Labute approximate surface area is 96.1 Å². The average Bonchev–Trinajstić information content (AvgIpc) is 2.75. The molecule has 3 heteroatoms. The maximum atomic E-state index is 5.89. The molecule has 0 radical (unpaired) electrons. The van der Waals surface area contributed by atoms with Crippen molar-refractivity contribution in [3.05, 3.63) is 22.4 Å². The number of nitrogens with two attached hydrogens (primary N) is 1. The minimum absolute atomic E-state index is 0.456. The molecule has 15 heavy (non-hydrogen) atoms. The summed E-state index contributed by atoms with van der Waals surface area (Å²) in [5, 5.41) is 2.14. The van der Waals surface area contributed by atoms with Gasteiger partial charge in [0.2, 0.25) is 0 Å². The van der Waals surface area contributed by atoms with Crippen molar-refractivity contribution in [2.24, 2.45) is 11.7 Å². The van der Waals surface area contributed by atoms with Gasteiger partial charge in [0.1, 0.15) is 0 Å². The van der Waals surface area contributed by atoms with E-state index in [1.807, 2.05) is 11.3 Å². The van der Waals surface area contributed by atoms with Gasteiger partial charge < -0.3 is 5.73 Å². The Morgan fingerprint density at radius 3 is 2.80 bits per heavy atom. The van der Waals surface area contributed by atoms with Crippen LogP contribution < -0.4 is 5.73 Å². The lowest BCUT2D eigenvalue weighted by Gasteiger charge is -2.35. The highest BCUT2D eigenvalue weighted by atomic mass is 32.1. The molecule has 1 aromatic rings. The van der Waals surface area contributed by atoms with E-state index in [-0.39, 0.29) is 0 Å². The van der Waals surface area contributed by atoms with Crippen molar-refractivity contribution in [1.82, 2.24) is 4.90 Å². The van der Waals surface area contributed by atoms with E-state index < -0.39 is 0 Å². The molecule has 1 aliphatic heterocycles. The predicted octanol–water partition coefficient (Wildman–Crippen LogP) is 2.48. The summed E-state index contributed by atoms with van der Waals surface area (Å²) in [6.07, 6.45) is 2.64. The molecule has 0 amide bonds. The second-order valence-electron chi connectivity index (χ2n) is 4.49. The van der Waals surface area contributed by atoms with Gasteiger partial charge in [-0.05, 0) is 43.3 Å². The van der Waals surface area contributed by atoms with Crippen molar-refractivity contribution in [3.8, 4) is 0 Å². The Bertz CT molecular complexity index is 276. The second-order valence-corrected chi connectivity index (χ2v) is 5.46. The first-order chi connectivity index (χ1) is 7.31. The highest BCUT2D eigenvalue weighted by Gasteiger charge is 2.23. The van der Waals surface area contributed by atoms with Gasteiger partial charge in [0, 0.05) is 11.4 Å². The fourth-order valence-corrected chi connectivity index (χ4v) is 3.14. The molecule has 2 rings (SSSR count). The maximum Gasteiger partial charge on any atom is 0.0564 e. The fraction of sp³-hybridized carbons (Fsp3) is 0.667. The highest BCUT2D eigenvalue weighted by molar-refractivity contribution is 7.10. The van der Waals surface area contributed by atoms with Gasteiger partial charge in [0.05, 0.1) is 6.04 Å².